The highest BCUT2D eigenvalue weighted by molar-refractivity contribution is 5.96. The zero-order valence-corrected chi connectivity index (χ0v) is 12.6. The number of carbonyl (C=O) groups is 2. The maximum Gasteiger partial charge on any atom is 0.271 e. The van der Waals surface area contributed by atoms with Crippen LogP contribution in [0.4, 0.5) is 5.69 Å². The average Bonchev–Trinajstić information content (AvgIpc) is 2.57. The Morgan fingerprint density at radius 2 is 1.83 bits per heavy atom. The Morgan fingerprint density at radius 1 is 1.13 bits per heavy atom. The molecule has 2 aromatic carbocycles. The number of aromatic hydroxyl groups is 1. The molecule has 0 heterocycles. The van der Waals surface area contributed by atoms with Crippen molar-refractivity contribution in [3.8, 4) is 5.75 Å². The topological polar surface area (TPSA) is 90.8 Å². The van der Waals surface area contributed by atoms with Gasteiger partial charge in [0.25, 0.3) is 5.91 Å². The highest BCUT2D eigenvalue weighted by atomic mass is 16.3. The lowest BCUT2D eigenvalue weighted by Crippen LogP contribution is -2.17. The summed E-state index contributed by atoms with van der Waals surface area (Å²) >= 11 is 0. The Bertz CT molecular complexity index is 724. The van der Waals surface area contributed by atoms with Gasteiger partial charge >= 0.3 is 0 Å². The minimum atomic E-state index is -0.384. The lowest BCUT2D eigenvalue weighted by atomic mass is 10.2. The quantitative estimate of drug-likeness (QED) is 0.585. The molecule has 0 aliphatic carbocycles. The van der Waals surface area contributed by atoms with Crippen LogP contribution in [0, 0.1) is 0 Å². The summed E-state index contributed by atoms with van der Waals surface area (Å²) in [6.07, 6.45) is 1.76. The van der Waals surface area contributed by atoms with Crippen molar-refractivity contribution in [1.29, 1.82) is 0 Å². The Hall–Kier alpha value is -3.15. The molecule has 0 unspecified atom stereocenters. The summed E-state index contributed by atoms with van der Waals surface area (Å²) in [5, 5.41) is 16.1. The fraction of sp³-hybridized carbons (Fsp3) is 0.118. The molecular formula is C17H17N3O3. The van der Waals surface area contributed by atoms with Crippen LogP contribution in [0.5, 0.6) is 5.75 Å². The first-order valence-corrected chi connectivity index (χ1v) is 7.11. The third-order valence-electron chi connectivity index (χ3n) is 3.06. The predicted molar refractivity (Wildman–Crippen MR) is 88.5 cm³/mol. The molecule has 118 valence electrons. The van der Waals surface area contributed by atoms with E-state index in [4.69, 9.17) is 0 Å². The van der Waals surface area contributed by atoms with Crippen molar-refractivity contribution in [1.82, 2.24) is 5.43 Å². The third-order valence-corrected chi connectivity index (χ3v) is 3.06. The fourth-order valence-electron chi connectivity index (χ4n) is 1.78. The van der Waals surface area contributed by atoms with Gasteiger partial charge in [0.1, 0.15) is 5.75 Å². The summed E-state index contributed by atoms with van der Waals surface area (Å²) in [5.41, 5.74) is 3.92. The lowest BCUT2D eigenvalue weighted by molar-refractivity contribution is -0.115. The van der Waals surface area contributed by atoms with Crippen molar-refractivity contribution in [3.05, 3.63) is 59.7 Å². The highest BCUT2D eigenvalue weighted by Gasteiger charge is 2.05. The minimum Gasteiger partial charge on any atom is -0.507 e. The van der Waals surface area contributed by atoms with Crippen LogP contribution in [0.3, 0.4) is 0 Å². The van der Waals surface area contributed by atoms with Crippen molar-refractivity contribution < 1.29 is 14.7 Å². The lowest BCUT2D eigenvalue weighted by Gasteiger charge is -2.04. The number of para-hydroxylation sites is 1. The first-order chi connectivity index (χ1) is 11.1. The number of rotatable bonds is 5. The van der Waals surface area contributed by atoms with E-state index >= 15 is 0 Å². The Balaban J connectivity index is 1.96. The molecule has 6 nitrogen and oxygen atoms in total. The van der Waals surface area contributed by atoms with Gasteiger partial charge < -0.3 is 10.4 Å². The van der Waals surface area contributed by atoms with E-state index in [9.17, 15) is 14.7 Å². The molecule has 0 atom stereocenters. The molecule has 0 aliphatic heterocycles. The normalized spacial score (nSPS) is 10.5. The predicted octanol–water partition coefficient (Wildman–Crippen LogP) is 2.50. The van der Waals surface area contributed by atoms with Crippen LogP contribution >= 0.6 is 0 Å². The standard InChI is InChI=1S/C17H17N3O3/c1-2-16(22)19-14-9-7-12(8-10-14)17(23)20-18-11-13-5-3-4-6-15(13)21/h3-11,21H,2H2,1H3,(H,19,22)(H,20,23)/b18-11-. The molecule has 0 bridgehead atoms. The van der Waals surface area contributed by atoms with E-state index in [1.807, 2.05) is 0 Å². The number of benzene rings is 2. The van der Waals surface area contributed by atoms with Crippen LogP contribution in [-0.2, 0) is 4.79 Å². The molecular weight excluding hydrogens is 294 g/mol. The van der Waals surface area contributed by atoms with Crippen LogP contribution in [0.2, 0.25) is 0 Å². The molecule has 2 aromatic rings. The number of amides is 2. The van der Waals surface area contributed by atoms with Gasteiger partial charge in [0.05, 0.1) is 6.21 Å². The van der Waals surface area contributed by atoms with E-state index in [-0.39, 0.29) is 17.6 Å². The summed E-state index contributed by atoms with van der Waals surface area (Å²) in [6.45, 7) is 1.76. The number of phenolic OH excluding ortho intramolecular Hbond substituents is 1. The number of hydrogen-bond donors (Lipinski definition) is 3. The van der Waals surface area contributed by atoms with Crippen LogP contribution in [0.1, 0.15) is 29.3 Å². The number of hydrazone groups is 1. The second kappa shape index (κ2) is 7.74. The number of nitrogens with zero attached hydrogens (tertiary/aromatic N) is 1. The van der Waals surface area contributed by atoms with E-state index in [1.54, 1.807) is 49.4 Å². The van der Waals surface area contributed by atoms with Crippen molar-refractivity contribution in [2.75, 3.05) is 5.32 Å². The van der Waals surface area contributed by atoms with Crippen LogP contribution < -0.4 is 10.7 Å². The molecule has 0 spiro atoms. The van der Waals surface area contributed by atoms with E-state index in [2.05, 4.69) is 15.8 Å². The van der Waals surface area contributed by atoms with Gasteiger partial charge in [-0.3, -0.25) is 9.59 Å². The molecule has 3 N–H and O–H groups in total. The molecule has 0 saturated heterocycles. The van der Waals surface area contributed by atoms with Crippen molar-refractivity contribution >= 4 is 23.7 Å². The van der Waals surface area contributed by atoms with Crippen molar-refractivity contribution in [2.24, 2.45) is 5.10 Å². The van der Waals surface area contributed by atoms with Crippen molar-refractivity contribution in [3.63, 3.8) is 0 Å². The average molecular weight is 311 g/mol. The highest BCUT2D eigenvalue weighted by Crippen LogP contribution is 2.13. The van der Waals surface area contributed by atoms with Gasteiger partial charge in [-0.1, -0.05) is 19.1 Å². The number of carbonyl (C=O) groups excluding carboxylic acids is 2. The molecule has 6 heteroatoms. The number of phenols is 1. The monoisotopic (exact) mass is 311 g/mol. The van der Waals surface area contributed by atoms with E-state index in [0.29, 0.717) is 23.2 Å². The first kappa shape index (κ1) is 16.2. The van der Waals surface area contributed by atoms with Crippen molar-refractivity contribution in [2.45, 2.75) is 13.3 Å². The van der Waals surface area contributed by atoms with Gasteiger partial charge in [-0.05, 0) is 36.4 Å². The van der Waals surface area contributed by atoms with Gasteiger partial charge in [0.2, 0.25) is 5.91 Å². The first-order valence-electron chi connectivity index (χ1n) is 7.11. The fourth-order valence-corrected chi connectivity index (χ4v) is 1.78. The number of nitrogens with one attached hydrogen (secondary N) is 2. The van der Waals surface area contributed by atoms with E-state index < -0.39 is 0 Å². The van der Waals surface area contributed by atoms with Gasteiger partial charge in [0.15, 0.2) is 0 Å². The SMILES string of the molecule is CCC(=O)Nc1ccc(C(=O)N/N=C\c2ccccc2O)cc1. The van der Waals surface area contributed by atoms with Gasteiger partial charge in [-0.2, -0.15) is 5.10 Å². The molecule has 2 rings (SSSR count). The van der Waals surface area contributed by atoms with Crippen LogP contribution in [-0.4, -0.2) is 23.1 Å². The molecule has 0 saturated carbocycles. The maximum atomic E-state index is 11.9. The largest absolute Gasteiger partial charge is 0.507 e. The molecule has 2 amide bonds. The van der Waals surface area contributed by atoms with E-state index in [0.717, 1.165) is 0 Å². The summed E-state index contributed by atoms with van der Waals surface area (Å²) in [7, 11) is 0. The molecule has 0 aromatic heterocycles. The Morgan fingerprint density at radius 3 is 2.48 bits per heavy atom. The summed E-state index contributed by atoms with van der Waals surface area (Å²) in [6, 6.07) is 13.1. The zero-order valence-electron chi connectivity index (χ0n) is 12.6. The minimum absolute atomic E-state index is 0.0847. The number of anilines is 1. The smallest absolute Gasteiger partial charge is 0.271 e. The van der Waals surface area contributed by atoms with Crippen LogP contribution in [0.15, 0.2) is 53.6 Å². The molecule has 0 radical (unpaired) electrons. The maximum absolute atomic E-state index is 11.9. The Labute approximate surface area is 133 Å². The Kier molecular flexibility index (Phi) is 5.46. The van der Waals surface area contributed by atoms with Gasteiger partial charge in [-0.15, -0.1) is 0 Å². The summed E-state index contributed by atoms with van der Waals surface area (Å²) in [5.74, 6) is -0.388. The molecule has 23 heavy (non-hydrogen) atoms. The number of hydrogen-bond acceptors (Lipinski definition) is 4. The third kappa shape index (κ3) is 4.67. The van der Waals surface area contributed by atoms with Gasteiger partial charge in [-0.25, -0.2) is 5.43 Å². The zero-order chi connectivity index (χ0) is 16.7. The summed E-state index contributed by atoms with van der Waals surface area (Å²) < 4.78 is 0. The summed E-state index contributed by atoms with van der Waals surface area (Å²) in [4.78, 5) is 23.2. The molecule has 0 aliphatic rings. The molecule has 0 fully saturated rings. The second-order valence-corrected chi connectivity index (χ2v) is 4.74. The van der Waals surface area contributed by atoms with Gasteiger partial charge in [0, 0.05) is 23.2 Å². The van der Waals surface area contributed by atoms with Crippen LogP contribution in [0.25, 0.3) is 0 Å². The van der Waals surface area contributed by atoms with E-state index in [1.165, 1.54) is 12.3 Å². The second-order valence-electron chi connectivity index (χ2n) is 4.74.